The molecule has 1 amide bonds. The van der Waals surface area contributed by atoms with E-state index in [2.05, 4.69) is 42.0 Å². The first-order valence-corrected chi connectivity index (χ1v) is 13.1. The van der Waals surface area contributed by atoms with Crippen molar-refractivity contribution in [1.29, 1.82) is 0 Å². The maximum absolute atomic E-state index is 13.7. The van der Waals surface area contributed by atoms with E-state index < -0.39 is 6.17 Å². The highest BCUT2D eigenvalue weighted by Crippen LogP contribution is 2.39. The Morgan fingerprint density at radius 1 is 1.16 bits per heavy atom. The smallest absolute Gasteiger partial charge is 0.241 e. The van der Waals surface area contributed by atoms with Crippen LogP contribution in [0.3, 0.4) is 0 Å². The number of likely N-dealkylation sites (tertiary alicyclic amines) is 1. The lowest BCUT2D eigenvalue weighted by atomic mass is 9.91. The predicted molar refractivity (Wildman–Crippen MR) is 152 cm³/mol. The summed E-state index contributed by atoms with van der Waals surface area (Å²) in [5, 5.41) is 3.53. The molecule has 10 heteroatoms. The molecule has 2 fully saturated rings. The fourth-order valence-corrected chi connectivity index (χ4v) is 5.85. The molecule has 210 valence electrons. The van der Waals surface area contributed by atoms with Crippen molar-refractivity contribution in [1.82, 2.24) is 20.1 Å². The van der Waals surface area contributed by atoms with Crippen LogP contribution < -0.4 is 10.2 Å². The van der Waals surface area contributed by atoms with E-state index in [1.165, 1.54) is 12.1 Å². The maximum Gasteiger partial charge on any atom is 0.241 e. The third-order valence-corrected chi connectivity index (χ3v) is 7.78. The molecule has 4 heterocycles. The summed E-state index contributed by atoms with van der Waals surface area (Å²) in [6.07, 6.45) is 2.37. The van der Waals surface area contributed by atoms with Crippen LogP contribution in [0.5, 0.6) is 0 Å². The van der Waals surface area contributed by atoms with Crippen molar-refractivity contribution in [3.05, 3.63) is 59.2 Å². The molecule has 0 aliphatic carbocycles. The van der Waals surface area contributed by atoms with E-state index in [0.29, 0.717) is 38.5 Å². The highest BCUT2D eigenvalue weighted by atomic mass is 35.5. The van der Waals surface area contributed by atoms with Gasteiger partial charge >= 0.3 is 0 Å². The second-order valence-corrected chi connectivity index (χ2v) is 11.4. The van der Waals surface area contributed by atoms with E-state index in [-0.39, 0.29) is 48.0 Å². The van der Waals surface area contributed by atoms with E-state index in [1.807, 2.05) is 11.1 Å². The molecular formula is C28H39Cl2F2N5O. The molecule has 3 aliphatic heterocycles. The summed E-state index contributed by atoms with van der Waals surface area (Å²) in [6, 6.07) is 9.05. The van der Waals surface area contributed by atoms with Gasteiger partial charge in [-0.05, 0) is 49.1 Å². The first-order valence-electron chi connectivity index (χ1n) is 13.1. The normalized spacial score (nSPS) is 25.0. The minimum absolute atomic E-state index is 0. The van der Waals surface area contributed by atoms with Crippen LogP contribution in [0.25, 0.3) is 0 Å². The molecule has 6 nitrogen and oxygen atoms in total. The molecule has 1 aromatic heterocycles. The van der Waals surface area contributed by atoms with E-state index in [4.69, 9.17) is 4.98 Å². The molecule has 1 N–H and O–H groups in total. The molecule has 5 rings (SSSR count). The number of nitrogens with one attached hydrogen (secondary N) is 1. The molecule has 0 bridgehead atoms. The van der Waals surface area contributed by atoms with Crippen LogP contribution in [0.2, 0.25) is 0 Å². The van der Waals surface area contributed by atoms with E-state index >= 15 is 0 Å². The van der Waals surface area contributed by atoms with Gasteiger partial charge in [0.25, 0.3) is 0 Å². The maximum atomic E-state index is 13.7. The van der Waals surface area contributed by atoms with Gasteiger partial charge in [0.1, 0.15) is 12.0 Å². The minimum atomic E-state index is -0.740. The molecule has 0 unspecified atom stereocenters. The number of anilines is 1. The zero-order valence-electron chi connectivity index (χ0n) is 22.3. The fourth-order valence-electron chi connectivity index (χ4n) is 5.85. The number of benzene rings is 1. The summed E-state index contributed by atoms with van der Waals surface area (Å²) >= 11 is 0. The van der Waals surface area contributed by atoms with Crippen LogP contribution in [-0.4, -0.2) is 84.8 Å². The van der Waals surface area contributed by atoms with Gasteiger partial charge in [-0.3, -0.25) is 19.6 Å². The Kier molecular flexibility index (Phi) is 10.1. The van der Waals surface area contributed by atoms with Crippen LogP contribution in [0, 0.1) is 5.82 Å². The number of carbonyl (C=O) groups is 1. The number of rotatable bonds is 6. The lowest BCUT2D eigenvalue weighted by molar-refractivity contribution is -0.120. The van der Waals surface area contributed by atoms with Gasteiger partial charge in [0.2, 0.25) is 5.91 Å². The van der Waals surface area contributed by atoms with E-state index in [0.717, 1.165) is 48.7 Å². The molecule has 3 aliphatic rings. The second-order valence-electron chi connectivity index (χ2n) is 11.4. The van der Waals surface area contributed by atoms with E-state index in [9.17, 15) is 13.6 Å². The van der Waals surface area contributed by atoms with Gasteiger partial charge < -0.3 is 10.2 Å². The second kappa shape index (κ2) is 12.6. The Balaban J connectivity index is 0.00000200. The number of hydrogen-bond acceptors (Lipinski definition) is 5. The van der Waals surface area contributed by atoms with Crippen molar-refractivity contribution in [2.75, 3.05) is 50.7 Å². The summed E-state index contributed by atoms with van der Waals surface area (Å²) in [5.74, 6) is -0.175. The van der Waals surface area contributed by atoms with Gasteiger partial charge in [-0.15, -0.1) is 24.8 Å². The van der Waals surface area contributed by atoms with Gasteiger partial charge in [-0.2, -0.15) is 0 Å². The Morgan fingerprint density at radius 3 is 2.58 bits per heavy atom. The zero-order chi connectivity index (χ0) is 25.4. The molecule has 0 radical (unpaired) electrons. The monoisotopic (exact) mass is 569 g/mol. The highest BCUT2D eigenvalue weighted by molar-refractivity contribution is 5.97. The first kappa shape index (κ1) is 30.7. The topological polar surface area (TPSA) is 51.7 Å². The minimum Gasteiger partial charge on any atom is -0.311 e. The van der Waals surface area contributed by atoms with Gasteiger partial charge in [0.05, 0.1) is 17.9 Å². The number of hydrogen-bond donors (Lipinski definition) is 1. The SMILES string of the molecule is C[C@@H]1CN(CC(=O)N2CC(C)(C)c3ncc(Cc4ccc(F)cc4)cc32)[C@@H](CN2CC[C@@H](F)C2)CN1.Cl.Cl. The largest absolute Gasteiger partial charge is 0.311 e. The summed E-state index contributed by atoms with van der Waals surface area (Å²) in [6.45, 7) is 11.0. The van der Waals surface area contributed by atoms with Crippen LogP contribution in [0.15, 0.2) is 36.5 Å². The Hall–Kier alpha value is -1.84. The molecule has 3 atom stereocenters. The van der Waals surface area contributed by atoms with Crippen LogP contribution >= 0.6 is 24.8 Å². The summed E-state index contributed by atoms with van der Waals surface area (Å²) in [4.78, 5) is 24.9. The molecule has 0 spiro atoms. The summed E-state index contributed by atoms with van der Waals surface area (Å²) in [7, 11) is 0. The van der Waals surface area contributed by atoms with Crippen molar-refractivity contribution in [2.24, 2.45) is 0 Å². The molecule has 38 heavy (non-hydrogen) atoms. The average molecular weight is 571 g/mol. The van der Waals surface area contributed by atoms with Gasteiger partial charge in [-0.25, -0.2) is 8.78 Å². The number of fused-ring (bicyclic) bond motifs is 1. The van der Waals surface area contributed by atoms with E-state index in [1.54, 1.807) is 12.1 Å². The van der Waals surface area contributed by atoms with Gasteiger partial charge in [0, 0.05) is 63.0 Å². The predicted octanol–water partition coefficient (Wildman–Crippen LogP) is 3.99. The van der Waals surface area contributed by atoms with Crippen molar-refractivity contribution in [3.8, 4) is 0 Å². The van der Waals surface area contributed by atoms with Gasteiger partial charge in [-0.1, -0.05) is 26.0 Å². The molecular weight excluding hydrogens is 531 g/mol. The zero-order valence-corrected chi connectivity index (χ0v) is 24.0. The van der Waals surface area contributed by atoms with Crippen LogP contribution in [-0.2, 0) is 16.6 Å². The van der Waals surface area contributed by atoms with Gasteiger partial charge in [0.15, 0.2) is 0 Å². The lowest BCUT2D eigenvalue weighted by Gasteiger charge is -2.41. The third-order valence-electron chi connectivity index (χ3n) is 7.78. The highest BCUT2D eigenvalue weighted by Gasteiger charge is 2.41. The molecule has 2 saturated heterocycles. The fraction of sp³-hybridized carbons (Fsp3) is 0.571. The number of piperazine rings is 1. The Bertz CT molecular complexity index is 1100. The lowest BCUT2D eigenvalue weighted by Crippen LogP contribution is -2.60. The van der Waals surface area contributed by atoms with Crippen LogP contribution in [0.4, 0.5) is 14.5 Å². The summed E-state index contributed by atoms with van der Waals surface area (Å²) in [5.41, 5.74) is 3.59. The number of halogens is 4. The number of nitrogens with zero attached hydrogens (tertiary/aromatic N) is 4. The number of alkyl halides is 1. The standard InChI is InChI=1S/C28H37F2N5O.2ClH/c1-19-14-34(24(13-31-19)16-33-9-8-23(30)15-33)17-26(36)35-18-28(2,3)27-25(35)11-21(12-32-27)10-20-4-6-22(29)7-5-20;;/h4-7,11-12,19,23-24,31H,8-10,13-18H2,1-3H3;2*1H/t19-,23-,24-;;/m1../s1. The quantitative estimate of drug-likeness (QED) is 0.570. The first-order chi connectivity index (χ1) is 17.2. The van der Waals surface area contributed by atoms with Crippen molar-refractivity contribution in [2.45, 2.75) is 57.3 Å². The number of pyridine rings is 1. The van der Waals surface area contributed by atoms with Crippen molar-refractivity contribution >= 4 is 36.4 Å². The molecule has 1 aromatic carbocycles. The Morgan fingerprint density at radius 2 is 1.89 bits per heavy atom. The average Bonchev–Trinajstić information content (AvgIpc) is 3.36. The van der Waals surface area contributed by atoms with Crippen molar-refractivity contribution in [3.63, 3.8) is 0 Å². The third kappa shape index (κ3) is 6.83. The number of amides is 1. The molecule has 2 aromatic rings. The number of aromatic nitrogens is 1. The Labute approximate surface area is 237 Å². The summed E-state index contributed by atoms with van der Waals surface area (Å²) < 4.78 is 27.1. The van der Waals surface area contributed by atoms with Crippen LogP contribution in [0.1, 0.15) is 44.0 Å². The molecule has 0 saturated carbocycles. The van der Waals surface area contributed by atoms with Crippen molar-refractivity contribution < 1.29 is 13.6 Å². The number of carbonyl (C=O) groups excluding carboxylic acids is 1.